The maximum Gasteiger partial charge on any atom is 0.266 e. The number of carbonyl (C=O) groups excluding carboxylic acids is 1. The summed E-state index contributed by atoms with van der Waals surface area (Å²) >= 11 is 20.1. The summed E-state index contributed by atoms with van der Waals surface area (Å²) in [6.07, 6.45) is 5.21. The summed E-state index contributed by atoms with van der Waals surface area (Å²) in [6, 6.07) is 14.4. The van der Waals surface area contributed by atoms with Gasteiger partial charge in [0.2, 0.25) is 0 Å². The van der Waals surface area contributed by atoms with Gasteiger partial charge in [-0.2, -0.15) is 10.5 Å². The summed E-state index contributed by atoms with van der Waals surface area (Å²) in [6.45, 7) is 0.240. The molecule has 0 aliphatic heterocycles. The maximum atomic E-state index is 12.8. The number of ether oxygens (including phenoxy) is 1. The molecule has 0 unspecified atom stereocenters. The predicted molar refractivity (Wildman–Crippen MR) is 140 cm³/mol. The molecular formula is C26H18Cl3N3O2S. The molecule has 1 aliphatic carbocycles. The molecule has 0 atom stereocenters. The number of nitriles is 2. The molecule has 1 amide bonds. The number of hydrogen-bond acceptors (Lipinski definition) is 5. The number of thiophene rings is 1. The molecule has 0 bridgehead atoms. The van der Waals surface area contributed by atoms with Crippen LogP contribution in [0.4, 0.5) is 5.00 Å². The minimum Gasteiger partial charge on any atom is -0.486 e. The molecule has 0 radical (unpaired) electrons. The Hall–Kier alpha value is -3.00. The molecule has 4 rings (SSSR count). The van der Waals surface area contributed by atoms with Gasteiger partial charge in [0.1, 0.15) is 29.3 Å². The first-order chi connectivity index (χ1) is 16.9. The van der Waals surface area contributed by atoms with E-state index >= 15 is 0 Å². The molecule has 0 saturated carbocycles. The molecule has 2 aromatic carbocycles. The van der Waals surface area contributed by atoms with E-state index in [2.05, 4.69) is 11.4 Å². The summed E-state index contributed by atoms with van der Waals surface area (Å²) in [7, 11) is 0. The van der Waals surface area contributed by atoms with Gasteiger partial charge in [-0.1, -0.05) is 46.9 Å². The number of aryl methyl sites for hydroxylation is 1. The van der Waals surface area contributed by atoms with Crippen molar-refractivity contribution >= 4 is 63.1 Å². The molecule has 1 N–H and O–H groups in total. The van der Waals surface area contributed by atoms with Crippen molar-refractivity contribution in [2.45, 2.75) is 32.3 Å². The zero-order valence-corrected chi connectivity index (χ0v) is 21.4. The summed E-state index contributed by atoms with van der Waals surface area (Å²) in [5.74, 6) is -0.302. The number of benzene rings is 2. The molecule has 176 valence electrons. The highest BCUT2D eigenvalue weighted by Crippen LogP contribution is 2.38. The molecule has 3 aromatic rings. The van der Waals surface area contributed by atoms with Gasteiger partial charge in [0, 0.05) is 9.90 Å². The predicted octanol–water partition coefficient (Wildman–Crippen LogP) is 7.58. The molecule has 35 heavy (non-hydrogen) atoms. The normalized spacial score (nSPS) is 12.9. The van der Waals surface area contributed by atoms with E-state index in [0.717, 1.165) is 41.7 Å². The zero-order valence-electron chi connectivity index (χ0n) is 18.3. The van der Waals surface area contributed by atoms with Gasteiger partial charge in [-0.3, -0.25) is 4.79 Å². The SMILES string of the molecule is N#C/C(=C\c1cc(Cl)c(OCc2ccc(Cl)cc2)c(Cl)c1)C(=O)Nc1sc2c(c1C#N)CCCC2. The Balaban J connectivity index is 1.52. The lowest BCUT2D eigenvalue weighted by Gasteiger charge is -2.11. The lowest BCUT2D eigenvalue weighted by Crippen LogP contribution is -2.13. The van der Waals surface area contributed by atoms with Crippen LogP contribution in [0.15, 0.2) is 42.0 Å². The first-order valence-corrected chi connectivity index (χ1v) is 12.7. The second kappa shape index (κ2) is 11.2. The van der Waals surface area contributed by atoms with Gasteiger partial charge in [-0.25, -0.2) is 0 Å². The number of carbonyl (C=O) groups is 1. The molecule has 5 nitrogen and oxygen atoms in total. The lowest BCUT2D eigenvalue weighted by atomic mass is 9.96. The first-order valence-electron chi connectivity index (χ1n) is 10.7. The third kappa shape index (κ3) is 5.81. The quantitative estimate of drug-likeness (QED) is 0.257. The van der Waals surface area contributed by atoms with Crippen molar-refractivity contribution in [2.75, 3.05) is 5.32 Å². The fourth-order valence-electron chi connectivity index (χ4n) is 3.79. The summed E-state index contributed by atoms with van der Waals surface area (Å²) < 4.78 is 5.77. The van der Waals surface area contributed by atoms with E-state index in [1.165, 1.54) is 17.4 Å². The Morgan fingerprint density at radius 1 is 1.09 bits per heavy atom. The van der Waals surface area contributed by atoms with E-state index in [-0.39, 0.29) is 22.2 Å². The van der Waals surface area contributed by atoms with Crippen LogP contribution in [-0.4, -0.2) is 5.91 Å². The first kappa shape index (κ1) is 25.1. The number of halogens is 3. The van der Waals surface area contributed by atoms with Crippen molar-refractivity contribution in [3.63, 3.8) is 0 Å². The number of rotatable bonds is 6. The monoisotopic (exact) mass is 541 g/mol. The maximum absolute atomic E-state index is 12.8. The molecule has 9 heteroatoms. The molecule has 1 aromatic heterocycles. The molecule has 1 heterocycles. The molecular weight excluding hydrogens is 525 g/mol. The average Bonchev–Trinajstić information content (AvgIpc) is 3.19. The van der Waals surface area contributed by atoms with E-state index in [0.29, 0.717) is 26.9 Å². The highest BCUT2D eigenvalue weighted by atomic mass is 35.5. The smallest absolute Gasteiger partial charge is 0.266 e. The van der Waals surface area contributed by atoms with Gasteiger partial charge in [0.15, 0.2) is 5.75 Å². The van der Waals surface area contributed by atoms with Gasteiger partial charge >= 0.3 is 0 Å². The van der Waals surface area contributed by atoms with E-state index in [1.54, 1.807) is 24.3 Å². The third-order valence-corrected chi connectivity index (χ3v) is 7.52. The highest BCUT2D eigenvalue weighted by molar-refractivity contribution is 7.16. The van der Waals surface area contributed by atoms with Gasteiger partial charge < -0.3 is 10.1 Å². The van der Waals surface area contributed by atoms with Crippen molar-refractivity contribution < 1.29 is 9.53 Å². The summed E-state index contributed by atoms with van der Waals surface area (Å²) in [5, 5.41) is 23.5. The van der Waals surface area contributed by atoms with Crippen molar-refractivity contribution in [1.29, 1.82) is 10.5 Å². The minimum absolute atomic E-state index is 0.137. The Morgan fingerprint density at radius 3 is 2.43 bits per heavy atom. The second-order valence-electron chi connectivity index (χ2n) is 7.88. The molecule has 0 fully saturated rings. The third-order valence-electron chi connectivity index (χ3n) is 5.50. The summed E-state index contributed by atoms with van der Waals surface area (Å²) in [4.78, 5) is 14.0. The van der Waals surface area contributed by atoms with Crippen LogP contribution in [0.1, 0.15) is 40.0 Å². The van der Waals surface area contributed by atoms with Crippen LogP contribution >= 0.6 is 46.1 Å². The van der Waals surface area contributed by atoms with Crippen LogP contribution in [0, 0.1) is 22.7 Å². The number of anilines is 1. The van der Waals surface area contributed by atoms with Crippen molar-refractivity contribution in [3.8, 4) is 17.9 Å². The van der Waals surface area contributed by atoms with Crippen LogP contribution in [0.5, 0.6) is 5.75 Å². The largest absolute Gasteiger partial charge is 0.486 e. The molecule has 0 spiro atoms. The average molecular weight is 543 g/mol. The number of fused-ring (bicyclic) bond motifs is 1. The van der Waals surface area contributed by atoms with Crippen molar-refractivity contribution in [3.05, 3.63) is 84.2 Å². The Bertz CT molecular complexity index is 1380. The fourth-order valence-corrected chi connectivity index (χ4v) is 5.77. The van der Waals surface area contributed by atoms with Crippen LogP contribution < -0.4 is 10.1 Å². The van der Waals surface area contributed by atoms with E-state index in [1.807, 2.05) is 18.2 Å². The Labute approximate surface area is 222 Å². The van der Waals surface area contributed by atoms with Gasteiger partial charge in [-0.05, 0) is 72.7 Å². The second-order valence-corrected chi connectivity index (χ2v) is 10.2. The van der Waals surface area contributed by atoms with E-state index < -0.39 is 5.91 Å². The lowest BCUT2D eigenvalue weighted by molar-refractivity contribution is -0.112. The standard InChI is InChI=1S/C26H18Cl3N3O2S/c27-18-7-5-15(6-8-18)14-34-24-21(28)10-16(11-22(24)29)9-17(12-30)25(33)32-26-20(13-31)19-3-1-2-4-23(19)35-26/h5-11H,1-4,14H2,(H,32,33)/b17-9+. The topological polar surface area (TPSA) is 85.9 Å². The van der Waals surface area contributed by atoms with Crippen molar-refractivity contribution in [2.24, 2.45) is 0 Å². The van der Waals surface area contributed by atoms with Gasteiger partial charge in [0.25, 0.3) is 5.91 Å². The van der Waals surface area contributed by atoms with E-state index in [9.17, 15) is 15.3 Å². The molecule has 0 saturated heterocycles. The van der Waals surface area contributed by atoms with Gasteiger partial charge in [-0.15, -0.1) is 11.3 Å². The van der Waals surface area contributed by atoms with Gasteiger partial charge in [0.05, 0.1) is 15.6 Å². The Kier molecular flexibility index (Phi) is 8.00. The number of nitrogens with zero attached hydrogens (tertiary/aromatic N) is 2. The number of nitrogens with one attached hydrogen (secondary N) is 1. The van der Waals surface area contributed by atoms with Crippen LogP contribution in [0.2, 0.25) is 15.1 Å². The zero-order chi connectivity index (χ0) is 24.9. The Morgan fingerprint density at radius 2 is 1.77 bits per heavy atom. The highest BCUT2D eigenvalue weighted by Gasteiger charge is 2.23. The van der Waals surface area contributed by atoms with Crippen LogP contribution in [-0.2, 0) is 24.2 Å². The van der Waals surface area contributed by atoms with Crippen LogP contribution in [0.3, 0.4) is 0 Å². The summed E-state index contributed by atoms with van der Waals surface area (Å²) in [5.41, 5.74) is 2.72. The number of hydrogen-bond donors (Lipinski definition) is 1. The number of amides is 1. The molecule has 1 aliphatic rings. The van der Waals surface area contributed by atoms with Crippen molar-refractivity contribution in [1.82, 2.24) is 0 Å². The minimum atomic E-state index is -0.599. The van der Waals surface area contributed by atoms with E-state index in [4.69, 9.17) is 39.5 Å². The fraction of sp³-hybridized carbons (Fsp3) is 0.192. The van der Waals surface area contributed by atoms with Crippen LogP contribution in [0.25, 0.3) is 6.08 Å².